The highest BCUT2D eigenvalue weighted by molar-refractivity contribution is 5.95. The fourth-order valence-corrected chi connectivity index (χ4v) is 3.83. The van der Waals surface area contributed by atoms with Gasteiger partial charge in [0.15, 0.2) is 5.65 Å². The van der Waals surface area contributed by atoms with Gasteiger partial charge in [-0.1, -0.05) is 12.6 Å². The monoisotopic (exact) mass is 405 g/mol. The molecule has 0 aliphatic heterocycles. The van der Waals surface area contributed by atoms with Crippen molar-refractivity contribution >= 4 is 23.3 Å². The number of rotatable bonds is 7. The summed E-state index contributed by atoms with van der Waals surface area (Å²) in [6.07, 6.45) is 5.67. The third-order valence-electron chi connectivity index (χ3n) is 5.45. The standard InChI is InChI=1S/C23H27N5O2/c1-5-15-10-18(26-12-23(3,4)30)22-25-11-19(28(22)27-15)17-9-8-16(21(24)29)13(2)20(17)14-6-7-14/h5,8-11,14,26,30H,1,6-7,12H2,2-4H3,(H2,24,29). The molecular weight excluding hydrogens is 378 g/mol. The molecule has 0 unspecified atom stereocenters. The molecule has 1 aliphatic carbocycles. The molecule has 7 heteroatoms. The van der Waals surface area contributed by atoms with E-state index in [0.717, 1.165) is 40.9 Å². The van der Waals surface area contributed by atoms with Crippen LogP contribution in [0.2, 0.25) is 0 Å². The molecule has 0 atom stereocenters. The molecule has 0 radical (unpaired) electrons. The van der Waals surface area contributed by atoms with Crippen LogP contribution >= 0.6 is 0 Å². The minimum absolute atomic E-state index is 0.366. The van der Waals surface area contributed by atoms with Gasteiger partial charge in [0.2, 0.25) is 5.91 Å². The lowest BCUT2D eigenvalue weighted by molar-refractivity contribution is 0.0944. The lowest BCUT2D eigenvalue weighted by Gasteiger charge is -2.19. The number of nitrogens with one attached hydrogen (secondary N) is 1. The van der Waals surface area contributed by atoms with Crippen molar-refractivity contribution in [2.45, 2.75) is 45.1 Å². The van der Waals surface area contributed by atoms with Crippen LogP contribution in [0.3, 0.4) is 0 Å². The lowest BCUT2D eigenvalue weighted by atomic mass is 9.92. The van der Waals surface area contributed by atoms with E-state index in [4.69, 9.17) is 5.73 Å². The Kier molecular flexibility index (Phi) is 4.86. The third-order valence-corrected chi connectivity index (χ3v) is 5.45. The highest BCUT2D eigenvalue weighted by Crippen LogP contribution is 2.46. The maximum Gasteiger partial charge on any atom is 0.248 e. The molecule has 1 fully saturated rings. The van der Waals surface area contributed by atoms with Crippen LogP contribution in [0.1, 0.15) is 59.8 Å². The predicted octanol–water partition coefficient (Wildman–Crippen LogP) is 3.51. The number of imidazole rings is 1. The number of nitrogens with zero attached hydrogens (tertiary/aromatic N) is 3. The highest BCUT2D eigenvalue weighted by atomic mass is 16.3. The number of fused-ring (bicyclic) bond motifs is 1. The number of aliphatic hydroxyl groups is 1. The molecule has 1 aliphatic rings. The summed E-state index contributed by atoms with van der Waals surface area (Å²) in [5, 5.41) is 18.1. The summed E-state index contributed by atoms with van der Waals surface area (Å²) in [6, 6.07) is 5.59. The molecule has 4 rings (SSSR count). The van der Waals surface area contributed by atoms with Crippen LogP contribution in [0.4, 0.5) is 5.69 Å². The number of hydrogen-bond acceptors (Lipinski definition) is 5. The van der Waals surface area contributed by atoms with E-state index in [1.54, 1.807) is 36.7 Å². The van der Waals surface area contributed by atoms with E-state index in [2.05, 4.69) is 22.0 Å². The zero-order chi connectivity index (χ0) is 21.6. The SMILES string of the molecule is C=Cc1cc(NCC(C)(C)O)c2ncc(-c3ccc(C(N)=O)c(C)c3C3CC3)n2n1. The molecule has 2 aromatic heterocycles. The van der Waals surface area contributed by atoms with E-state index in [1.165, 1.54) is 0 Å². The van der Waals surface area contributed by atoms with Gasteiger partial charge in [-0.2, -0.15) is 5.10 Å². The van der Waals surface area contributed by atoms with Gasteiger partial charge in [0.25, 0.3) is 0 Å². The summed E-state index contributed by atoms with van der Waals surface area (Å²) in [5.41, 5.74) is 11.3. The molecule has 30 heavy (non-hydrogen) atoms. The zero-order valence-corrected chi connectivity index (χ0v) is 17.6. The van der Waals surface area contributed by atoms with Crippen molar-refractivity contribution in [3.8, 4) is 11.3 Å². The van der Waals surface area contributed by atoms with Gasteiger partial charge in [0.1, 0.15) is 0 Å². The van der Waals surface area contributed by atoms with Gasteiger partial charge in [-0.15, -0.1) is 0 Å². The minimum Gasteiger partial charge on any atom is -0.389 e. The van der Waals surface area contributed by atoms with Crippen molar-refractivity contribution in [3.63, 3.8) is 0 Å². The van der Waals surface area contributed by atoms with Crippen LogP contribution in [0, 0.1) is 6.92 Å². The summed E-state index contributed by atoms with van der Waals surface area (Å²) < 4.78 is 1.80. The Bertz CT molecular complexity index is 1150. The predicted molar refractivity (Wildman–Crippen MR) is 119 cm³/mol. The molecule has 1 aromatic carbocycles. The maximum atomic E-state index is 11.9. The molecule has 1 saturated carbocycles. The molecule has 4 N–H and O–H groups in total. The zero-order valence-electron chi connectivity index (χ0n) is 17.6. The van der Waals surface area contributed by atoms with Crippen LogP contribution in [-0.2, 0) is 0 Å². The van der Waals surface area contributed by atoms with Gasteiger partial charge in [0.05, 0.1) is 28.9 Å². The second-order valence-electron chi connectivity index (χ2n) is 8.57. The second-order valence-corrected chi connectivity index (χ2v) is 8.57. The van der Waals surface area contributed by atoms with Crippen LogP contribution in [0.15, 0.2) is 31.0 Å². The van der Waals surface area contributed by atoms with E-state index < -0.39 is 11.5 Å². The number of carbonyl (C=O) groups excluding carboxylic acids is 1. The Morgan fingerprint density at radius 3 is 2.77 bits per heavy atom. The van der Waals surface area contributed by atoms with Crippen molar-refractivity contribution in [2.75, 3.05) is 11.9 Å². The Labute approximate surface area is 175 Å². The average Bonchev–Trinajstić information content (AvgIpc) is 3.43. The number of carbonyl (C=O) groups is 1. The van der Waals surface area contributed by atoms with Crippen molar-refractivity contribution < 1.29 is 9.90 Å². The van der Waals surface area contributed by atoms with Crippen LogP contribution < -0.4 is 11.1 Å². The minimum atomic E-state index is -0.870. The summed E-state index contributed by atoms with van der Waals surface area (Å²) in [7, 11) is 0. The summed E-state index contributed by atoms with van der Waals surface area (Å²) >= 11 is 0. The topological polar surface area (TPSA) is 106 Å². The average molecular weight is 406 g/mol. The molecular formula is C23H27N5O2. The Hall–Kier alpha value is -3.19. The van der Waals surface area contributed by atoms with Crippen molar-refractivity contribution in [1.82, 2.24) is 14.6 Å². The fraction of sp³-hybridized carbons (Fsp3) is 0.348. The number of benzene rings is 1. The number of hydrogen-bond donors (Lipinski definition) is 3. The van der Waals surface area contributed by atoms with Crippen LogP contribution in [0.5, 0.6) is 0 Å². The van der Waals surface area contributed by atoms with Gasteiger partial charge in [-0.25, -0.2) is 9.50 Å². The van der Waals surface area contributed by atoms with E-state index in [9.17, 15) is 9.90 Å². The molecule has 1 amide bonds. The molecule has 3 aromatic rings. The molecule has 0 spiro atoms. The number of primary amides is 1. The summed E-state index contributed by atoms with van der Waals surface area (Å²) in [6.45, 7) is 9.66. The van der Waals surface area contributed by atoms with Gasteiger partial charge in [-0.05, 0) is 68.9 Å². The van der Waals surface area contributed by atoms with Crippen LogP contribution in [0.25, 0.3) is 23.0 Å². The van der Waals surface area contributed by atoms with Crippen molar-refractivity contribution in [3.05, 3.63) is 53.4 Å². The quantitative estimate of drug-likeness (QED) is 0.558. The van der Waals surface area contributed by atoms with Crippen molar-refractivity contribution in [2.24, 2.45) is 5.73 Å². The van der Waals surface area contributed by atoms with E-state index >= 15 is 0 Å². The smallest absolute Gasteiger partial charge is 0.248 e. The normalized spacial score (nSPS) is 14.1. The number of amides is 1. The molecule has 156 valence electrons. The molecule has 7 nitrogen and oxygen atoms in total. The number of aromatic nitrogens is 3. The highest BCUT2D eigenvalue weighted by Gasteiger charge is 2.31. The fourth-order valence-electron chi connectivity index (χ4n) is 3.83. The number of anilines is 1. The lowest BCUT2D eigenvalue weighted by Crippen LogP contribution is -2.29. The summed E-state index contributed by atoms with van der Waals surface area (Å²) in [5.74, 6) is 0.00415. The molecule has 0 saturated heterocycles. The largest absolute Gasteiger partial charge is 0.389 e. The first-order chi connectivity index (χ1) is 14.2. The van der Waals surface area contributed by atoms with E-state index in [0.29, 0.717) is 29.4 Å². The van der Waals surface area contributed by atoms with Gasteiger partial charge in [0, 0.05) is 17.7 Å². The third kappa shape index (κ3) is 3.68. The Morgan fingerprint density at radius 1 is 1.43 bits per heavy atom. The van der Waals surface area contributed by atoms with Crippen LogP contribution in [-0.4, -0.2) is 37.8 Å². The van der Waals surface area contributed by atoms with Crippen molar-refractivity contribution in [1.29, 1.82) is 0 Å². The van der Waals surface area contributed by atoms with E-state index in [-0.39, 0.29) is 0 Å². The van der Waals surface area contributed by atoms with Gasteiger partial charge < -0.3 is 16.2 Å². The second kappa shape index (κ2) is 7.25. The first-order valence-electron chi connectivity index (χ1n) is 10.1. The summed E-state index contributed by atoms with van der Waals surface area (Å²) in [4.78, 5) is 16.5. The molecule has 2 heterocycles. The first-order valence-corrected chi connectivity index (χ1v) is 10.1. The Morgan fingerprint density at radius 2 is 2.17 bits per heavy atom. The number of nitrogens with two attached hydrogens (primary N) is 1. The molecule has 0 bridgehead atoms. The van der Waals surface area contributed by atoms with Gasteiger partial charge >= 0.3 is 0 Å². The van der Waals surface area contributed by atoms with E-state index in [1.807, 2.05) is 19.1 Å². The van der Waals surface area contributed by atoms with Gasteiger partial charge in [-0.3, -0.25) is 4.79 Å². The maximum absolute atomic E-state index is 11.9. The Balaban J connectivity index is 1.89. The first kappa shape index (κ1) is 20.1.